The quantitative estimate of drug-likeness (QED) is 0.696. The lowest BCUT2D eigenvalue weighted by Crippen LogP contribution is -2.31. The van der Waals surface area contributed by atoms with Crippen molar-refractivity contribution < 1.29 is 4.79 Å². The Kier molecular flexibility index (Phi) is 5.75. The number of aryl methyl sites for hydroxylation is 2. The van der Waals surface area contributed by atoms with E-state index in [4.69, 9.17) is 0 Å². The summed E-state index contributed by atoms with van der Waals surface area (Å²) in [5, 5.41) is 4.01. The normalized spacial score (nSPS) is 12.1. The van der Waals surface area contributed by atoms with Crippen LogP contribution < -0.4 is 10.9 Å². The standard InChI is InChI=1S/C23H26N2O2/c1-4-20(17-8-6-5-7-9-17)23(27)24-11-10-18-14-19-12-15(2)16(3)13-21(19)25-22(18)26/h5-9,12-14,20H,4,10-11H2,1-3H3,(H,24,27)(H,25,26)/t20-/m1/s1. The van der Waals surface area contributed by atoms with Crippen molar-refractivity contribution in [3.05, 3.63) is 81.1 Å². The molecule has 1 aromatic heterocycles. The fourth-order valence-electron chi connectivity index (χ4n) is 3.41. The summed E-state index contributed by atoms with van der Waals surface area (Å²) in [5.74, 6) is -0.154. The Morgan fingerprint density at radius 3 is 2.48 bits per heavy atom. The average Bonchev–Trinajstić information content (AvgIpc) is 2.65. The zero-order valence-electron chi connectivity index (χ0n) is 16.1. The van der Waals surface area contributed by atoms with Gasteiger partial charge in [0.25, 0.3) is 5.56 Å². The molecule has 4 nitrogen and oxygen atoms in total. The van der Waals surface area contributed by atoms with Crippen molar-refractivity contribution in [2.45, 2.75) is 39.5 Å². The summed E-state index contributed by atoms with van der Waals surface area (Å²) in [7, 11) is 0. The smallest absolute Gasteiger partial charge is 0.251 e. The molecule has 0 aliphatic rings. The number of hydrogen-bond acceptors (Lipinski definition) is 2. The maximum absolute atomic E-state index is 12.5. The summed E-state index contributed by atoms with van der Waals surface area (Å²) in [6.07, 6.45) is 1.25. The number of carbonyl (C=O) groups excluding carboxylic acids is 1. The van der Waals surface area contributed by atoms with Crippen LogP contribution in [0.1, 0.15) is 41.5 Å². The van der Waals surface area contributed by atoms with E-state index in [1.807, 2.05) is 56.3 Å². The Labute approximate surface area is 159 Å². The molecule has 27 heavy (non-hydrogen) atoms. The number of benzene rings is 2. The van der Waals surface area contributed by atoms with E-state index in [1.165, 1.54) is 5.56 Å². The van der Waals surface area contributed by atoms with E-state index in [9.17, 15) is 9.59 Å². The van der Waals surface area contributed by atoms with Crippen molar-refractivity contribution in [3.63, 3.8) is 0 Å². The molecule has 2 aromatic carbocycles. The Hall–Kier alpha value is -2.88. The largest absolute Gasteiger partial charge is 0.355 e. The van der Waals surface area contributed by atoms with Crippen LogP contribution in [-0.4, -0.2) is 17.4 Å². The van der Waals surface area contributed by atoms with E-state index < -0.39 is 0 Å². The molecule has 2 N–H and O–H groups in total. The highest BCUT2D eigenvalue weighted by molar-refractivity contribution is 5.83. The van der Waals surface area contributed by atoms with Crippen molar-refractivity contribution in [2.24, 2.45) is 0 Å². The molecule has 1 heterocycles. The minimum atomic E-state index is -0.160. The molecule has 0 radical (unpaired) electrons. The molecular weight excluding hydrogens is 336 g/mol. The molecule has 4 heteroatoms. The molecule has 0 bridgehead atoms. The number of amides is 1. The van der Waals surface area contributed by atoms with Crippen LogP contribution in [0.5, 0.6) is 0 Å². The summed E-state index contributed by atoms with van der Waals surface area (Å²) in [4.78, 5) is 27.9. The summed E-state index contributed by atoms with van der Waals surface area (Å²) in [6.45, 7) is 6.55. The first-order chi connectivity index (χ1) is 13.0. The van der Waals surface area contributed by atoms with Crippen molar-refractivity contribution in [1.29, 1.82) is 0 Å². The molecule has 0 spiro atoms. The molecule has 0 unspecified atom stereocenters. The summed E-state index contributed by atoms with van der Waals surface area (Å²) < 4.78 is 0. The molecule has 140 valence electrons. The number of carbonyl (C=O) groups is 1. The van der Waals surface area contributed by atoms with Gasteiger partial charge < -0.3 is 10.3 Å². The van der Waals surface area contributed by atoms with Gasteiger partial charge in [0.15, 0.2) is 0 Å². The SMILES string of the molecule is CC[C@@H](C(=O)NCCc1cc2cc(C)c(C)cc2[nH]c1=O)c1ccccc1. The molecule has 0 saturated carbocycles. The Morgan fingerprint density at radius 2 is 1.78 bits per heavy atom. The van der Waals surface area contributed by atoms with Gasteiger partial charge in [-0.15, -0.1) is 0 Å². The van der Waals surface area contributed by atoms with Gasteiger partial charge in [0, 0.05) is 17.6 Å². The highest BCUT2D eigenvalue weighted by Crippen LogP contribution is 2.19. The molecule has 0 aliphatic heterocycles. The fraction of sp³-hybridized carbons (Fsp3) is 0.304. The van der Waals surface area contributed by atoms with Gasteiger partial charge in [-0.2, -0.15) is 0 Å². The highest BCUT2D eigenvalue weighted by atomic mass is 16.2. The van der Waals surface area contributed by atoms with Gasteiger partial charge in [-0.05, 0) is 67.0 Å². The Balaban J connectivity index is 1.69. The predicted molar refractivity (Wildman–Crippen MR) is 110 cm³/mol. The van der Waals surface area contributed by atoms with Gasteiger partial charge in [0.05, 0.1) is 5.92 Å². The average molecular weight is 362 g/mol. The number of fused-ring (bicyclic) bond motifs is 1. The molecular formula is C23H26N2O2. The number of aromatic amines is 1. The lowest BCUT2D eigenvalue weighted by atomic mass is 9.95. The third-order valence-electron chi connectivity index (χ3n) is 5.16. The van der Waals surface area contributed by atoms with E-state index >= 15 is 0 Å². The number of H-pyrrole nitrogens is 1. The summed E-state index contributed by atoms with van der Waals surface area (Å²) in [6, 6.07) is 15.8. The number of rotatable bonds is 6. The zero-order valence-corrected chi connectivity index (χ0v) is 16.1. The van der Waals surface area contributed by atoms with Crippen LogP contribution in [-0.2, 0) is 11.2 Å². The maximum Gasteiger partial charge on any atom is 0.251 e. The highest BCUT2D eigenvalue weighted by Gasteiger charge is 2.17. The predicted octanol–water partition coefficient (Wildman–Crippen LogP) is 4.00. The van der Waals surface area contributed by atoms with Crippen LogP contribution in [0.2, 0.25) is 0 Å². The lowest BCUT2D eigenvalue weighted by molar-refractivity contribution is -0.122. The molecule has 0 fully saturated rings. The minimum Gasteiger partial charge on any atom is -0.355 e. The number of pyridine rings is 1. The monoisotopic (exact) mass is 362 g/mol. The maximum atomic E-state index is 12.5. The Bertz CT molecular complexity index is 1010. The van der Waals surface area contributed by atoms with Crippen molar-refractivity contribution in [1.82, 2.24) is 10.3 Å². The Morgan fingerprint density at radius 1 is 1.07 bits per heavy atom. The fourth-order valence-corrected chi connectivity index (χ4v) is 3.41. The first-order valence-electron chi connectivity index (χ1n) is 9.45. The first kappa shape index (κ1) is 18.9. The van der Waals surface area contributed by atoms with E-state index in [0.29, 0.717) is 18.5 Å². The zero-order chi connectivity index (χ0) is 19.4. The van der Waals surface area contributed by atoms with Gasteiger partial charge in [-0.3, -0.25) is 9.59 Å². The number of aromatic nitrogens is 1. The van der Waals surface area contributed by atoms with Gasteiger partial charge >= 0.3 is 0 Å². The molecule has 3 aromatic rings. The molecule has 0 saturated heterocycles. The molecule has 1 amide bonds. The van der Waals surface area contributed by atoms with E-state index in [1.54, 1.807) is 0 Å². The van der Waals surface area contributed by atoms with Gasteiger partial charge in [-0.25, -0.2) is 0 Å². The van der Waals surface area contributed by atoms with Crippen LogP contribution in [0.25, 0.3) is 10.9 Å². The van der Waals surface area contributed by atoms with Crippen LogP contribution in [0.3, 0.4) is 0 Å². The molecule has 0 aliphatic carbocycles. The second-order valence-electron chi connectivity index (χ2n) is 7.06. The summed E-state index contributed by atoms with van der Waals surface area (Å²) in [5.41, 5.74) is 4.83. The topological polar surface area (TPSA) is 62.0 Å². The van der Waals surface area contributed by atoms with Crippen molar-refractivity contribution in [2.75, 3.05) is 6.54 Å². The summed E-state index contributed by atoms with van der Waals surface area (Å²) >= 11 is 0. The molecule has 1 atom stereocenters. The van der Waals surface area contributed by atoms with E-state index in [-0.39, 0.29) is 17.4 Å². The second-order valence-corrected chi connectivity index (χ2v) is 7.06. The van der Waals surface area contributed by atoms with E-state index in [0.717, 1.165) is 28.5 Å². The number of hydrogen-bond donors (Lipinski definition) is 2. The first-order valence-corrected chi connectivity index (χ1v) is 9.45. The van der Waals surface area contributed by atoms with Gasteiger partial charge in [0.1, 0.15) is 0 Å². The van der Waals surface area contributed by atoms with Crippen molar-refractivity contribution in [3.8, 4) is 0 Å². The van der Waals surface area contributed by atoms with Gasteiger partial charge in [0.2, 0.25) is 5.91 Å². The van der Waals surface area contributed by atoms with E-state index in [2.05, 4.69) is 23.3 Å². The van der Waals surface area contributed by atoms with Crippen LogP contribution in [0.4, 0.5) is 0 Å². The van der Waals surface area contributed by atoms with Crippen molar-refractivity contribution >= 4 is 16.8 Å². The third-order valence-corrected chi connectivity index (χ3v) is 5.16. The van der Waals surface area contributed by atoms with Gasteiger partial charge in [-0.1, -0.05) is 37.3 Å². The second kappa shape index (κ2) is 8.21. The van der Waals surface area contributed by atoms with Crippen LogP contribution in [0, 0.1) is 13.8 Å². The molecule has 3 rings (SSSR count). The van der Waals surface area contributed by atoms with Crippen LogP contribution >= 0.6 is 0 Å². The third kappa shape index (κ3) is 4.27. The lowest BCUT2D eigenvalue weighted by Gasteiger charge is -2.15. The number of nitrogens with one attached hydrogen (secondary N) is 2. The minimum absolute atomic E-state index is 0.00684. The van der Waals surface area contributed by atoms with Crippen LogP contribution in [0.15, 0.2) is 53.3 Å².